The third-order valence-corrected chi connectivity index (χ3v) is 1.42. The van der Waals surface area contributed by atoms with E-state index in [-0.39, 0.29) is 0 Å². The van der Waals surface area contributed by atoms with Gasteiger partial charge in [0.1, 0.15) is 5.75 Å². The van der Waals surface area contributed by atoms with Crippen LogP contribution in [0.5, 0.6) is 5.75 Å². The Morgan fingerprint density at radius 1 is 1.42 bits per heavy atom. The highest BCUT2D eigenvalue weighted by Gasteiger charge is 1.91. The Kier molecular flexibility index (Phi) is 6.76. The predicted molar refractivity (Wildman–Crippen MR) is 54.5 cm³/mol. The van der Waals surface area contributed by atoms with Crippen LogP contribution in [-0.4, -0.2) is 11.6 Å². The molecule has 68 valence electrons. The van der Waals surface area contributed by atoms with Crippen LogP contribution in [0.4, 0.5) is 0 Å². The zero-order valence-corrected chi connectivity index (χ0v) is 9.26. The fourth-order valence-corrected chi connectivity index (χ4v) is 0.982. The minimum atomic E-state index is 0.679. The van der Waals surface area contributed by atoms with E-state index >= 15 is 0 Å². The lowest BCUT2D eigenvalue weighted by Crippen LogP contribution is -1.91. The quantitative estimate of drug-likeness (QED) is 0.780. The van der Waals surface area contributed by atoms with Gasteiger partial charge in [0.2, 0.25) is 0 Å². The number of nitrogens with zero attached hydrogens (tertiary/aromatic N) is 1. The van der Waals surface area contributed by atoms with Gasteiger partial charge < -0.3 is 4.74 Å². The normalized spacial score (nSPS) is 8.33. The summed E-state index contributed by atoms with van der Waals surface area (Å²) >= 11 is 3.29. The number of hydrogen-bond acceptors (Lipinski definition) is 2. The van der Waals surface area contributed by atoms with Crippen LogP contribution in [-0.2, 0) is 0 Å². The fourth-order valence-electron chi connectivity index (χ4n) is 0.638. The summed E-state index contributed by atoms with van der Waals surface area (Å²) in [5, 5.41) is 0. The largest absolute Gasteiger partial charge is 0.492 e. The van der Waals surface area contributed by atoms with Crippen LogP contribution in [0.15, 0.2) is 22.9 Å². The van der Waals surface area contributed by atoms with Gasteiger partial charge in [-0.15, -0.1) is 0 Å². The van der Waals surface area contributed by atoms with E-state index < -0.39 is 0 Å². The van der Waals surface area contributed by atoms with Crippen molar-refractivity contribution in [2.75, 3.05) is 6.61 Å². The van der Waals surface area contributed by atoms with E-state index in [0.717, 1.165) is 10.2 Å². The molecule has 0 atom stereocenters. The maximum Gasteiger partial charge on any atom is 0.138 e. The van der Waals surface area contributed by atoms with Gasteiger partial charge in [0.05, 0.1) is 12.8 Å². The Morgan fingerprint density at radius 2 is 2.08 bits per heavy atom. The average molecular weight is 232 g/mol. The van der Waals surface area contributed by atoms with Crippen LogP contribution < -0.4 is 4.74 Å². The molecule has 0 unspecified atom stereocenters. The number of rotatable bonds is 2. The molecular formula is C9H14BrNO. The Hall–Kier alpha value is -0.570. The molecule has 0 radical (unpaired) electrons. The lowest BCUT2D eigenvalue weighted by Gasteiger charge is -2.00. The number of halogens is 1. The molecule has 0 saturated heterocycles. The topological polar surface area (TPSA) is 22.1 Å². The van der Waals surface area contributed by atoms with Crippen molar-refractivity contribution in [3.05, 3.63) is 22.9 Å². The molecule has 0 amide bonds. The Morgan fingerprint density at radius 3 is 2.58 bits per heavy atom. The lowest BCUT2D eigenvalue weighted by atomic mass is 10.5. The molecule has 0 saturated carbocycles. The number of pyridine rings is 1. The number of ether oxygens (including phenoxy) is 1. The SMILES string of the molecule is CC.CCOc1cncc(Br)c1. The highest BCUT2D eigenvalue weighted by molar-refractivity contribution is 9.10. The minimum Gasteiger partial charge on any atom is -0.492 e. The van der Waals surface area contributed by atoms with Crippen molar-refractivity contribution in [2.24, 2.45) is 0 Å². The van der Waals surface area contributed by atoms with Crippen molar-refractivity contribution in [1.29, 1.82) is 0 Å². The number of aromatic nitrogens is 1. The smallest absolute Gasteiger partial charge is 0.138 e. The summed E-state index contributed by atoms with van der Waals surface area (Å²) in [6.45, 7) is 6.62. The van der Waals surface area contributed by atoms with Crippen molar-refractivity contribution >= 4 is 15.9 Å². The molecule has 0 fully saturated rings. The highest BCUT2D eigenvalue weighted by Crippen LogP contribution is 2.15. The van der Waals surface area contributed by atoms with Crippen LogP contribution >= 0.6 is 15.9 Å². The summed E-state index contributed by atoms with van der Waals surface area (Å²) in [5.74, 6) is 0.803. The Balaban J connectivity index is 0.000000561. The van der Waals surface area contributed by atoms with E-state index in [1.807, 2.05) is 26.8 Å². The third-order valence-electron chi connectivity index (χ3n) is 0.991. The molecule has 0 aliphatic rings. The first-order valence-corrected chi connectivity index (χ1v) is 4.85. The molecule has 0 aliphatic heterocycles. The van der Waals surface area contributed by atoms with Gasteiger partial charge in [-0.1, -0.05) is 13.8 Å². The van der Waals surface area contributed by atoms with E-state index in [0.29, 0.717) is 6.61 Å². The van der Waals surface area contributed by atoms with Crippen molar-refractivity contribution in [1.82, 2.24) is 4.98 Å². The molecule has 3 heteroatoms. The van der Waals surface area contributed by atoms with Crippen LogP contribution in [0.1, 0.15) is 20.8 Å². The summed E-state index contributed by atoms with van der Waals surface area (Å²) in [7, 11) is 0. The molecule has 0 N–H and O–H groups in total. The molecule has 12 heavy (non-hydrogen) atoms. The van der Waals surface area contributed by atoms with Gasteiger partial charge in [0.25, 0.3) is 0 Å². The summed E-state index contributed by atoms with van der Waals surface area (Å²) in [4.78, 5) is 3.93. The first-order valence-electron chi connectivity index (χ1n) is 4.06. The molecule has 0 aliphatic carbocycles. The van der Waals surface area contributed by atoms with Gasteiger partial charge in [0, 0.05) is 10.7 Å². The molecule has 1 rings (SSSR count). The standard InChI is InChI=1S/C7H8BrNO.C2H6/c1-2-10-7-3-6(8)4-9-5-7;1-2/h3-5H,2H2,1H3;1-2H3. The van der Waals surface area contributed by atoms with E-state index in [1.165, 1.54) is 0 Å². The summed E-state index contributed by atoms with van der Waals surface area (Å²) in [5.41, 5.74) is 0. The van der Waals surface area contributed by atoms with Crippen LogP contribution in [0.2, 0.25) is 0 Å². The highest BCUT2D eigenvalue weighted by atomic mass is 79.9. The third kappa shape index (κ3) is 4.34. The van der Waals surface area contributed by atoms with Crippen LogP contribution in [0, 0.1) is 0 Å². The molecule has 0 bridgehead atoms. The average Bonchev–Trinajstić information content (AvgIpc) is 2.09. The zero-order chi connectivity index (χ0) is 9.40. The van der Waals surface area contributed by atoms with Crippen molar-refractivity contribution in [2.45, 2.75) is 20.8 Å². The second kappa shape index (κ2) is 7.10. The molecular weight excluding hydrogens is 218 g/mol. The van der Waals surface area contributed by atoms with Gasteiger partial charge in [-0.2, -0.15) is 0 Å². The van der Waals surface area contributed by atoms with Gasteiger partial charge in [-0.3, -0.25) is 4.98 Å². The first-order chi connectivity index (χ1) is 5.83. The zero-order valence-electron chi connectivity index (χ0n) is 7.67. The lowest BCUT2D eigenvalue weighted by molar-refractivity contribution is 0.338. The molecule has 2 nitrogen and oxygen atoms in total. The number of hydrogen-bond donors (Lipinski definition) is 0. The van der Waals surface area contributed by atoms with Gasteiger partial charge >= 0.3 is 0 Å². The van der Waals surface area contributed by atoms with Crippen LogP contribution in [0.3, 0.4) is 0 Å². The Labute approximate surface area is 82.1 Å². The summed E-state index contributed by atoms with van der Waals surface area (Å²) in [6, 6.07) is 1.89. The summed E-state index contributed by atoms with van der Waals surface area (Å²) < 4.78 is 6.14. The maximum atomic E-state index is 5.19. The monoisotopic (exact) mass is 231 g/mol. The maximum absolute atomic E-state index is 5.19. The summed E-state index contributed by atoms with van der Waals surface area (Å²) in [6.07, 6.45) is 3.41. The van der Waals surface area contributed by atoms with Crippen LogP contribution in [0.25, 0.3) is 0 Å². The van der Waals surface area contributed by atoms with Gasteiger partial charge in [-0.05, 0) is 28.9 Å². The molecule has 0 aromatic carbocycles. The molecule has 1 heterocycles. The first kappa shape index (κ1) is 11.4. The van der Waals surface area contributed by atoms with Crippen molar-refractivity contribution in [3.63, 3.8) is 0 Å². The molecule has 0 spiro atoms. The van der Waals surface area contributed by atoms with Crippen molar-refractivity contribution < 1.29 is 4.74 Å². The van der Waals surface area contributed by atoms with Gasteiger partial charge in [0.15, 0.2) is 0 Å². The predicted octanol–water partition coefficient (Wildman–Crippen LogP) is 3.27. The van der Waals surface area contributed by atoms with E-state index in [2.05, 4.69) is 20.9 Å². The Bertz CT molecular complexity index is 215. The molecule has 1 aromatic heterocycles. The molecule has 1 aromatic rings. The van der Waals surface area contributed by atoms with Crippen molar-refractivity contribution in [3.8, 4) is 5.75 Å². The minimum absolute atomic E-state index is 0.679. The van der Waals surface area contributed by atoms with E-state index in [4.69, 9.17) is 4.74 Å². The second-order valence-electron chi connectivity index (χ2n) is 1.77. The van der Waals surface area contributed by atoms with E-state index in [1.54, 1.807) is 12.4 Å². The second-order valence-corrected chi connectivity index (χ2v) is 2.69. The fraction of sp³-hybridized carbons (Fsp3) is 0.444. The van der Waals surface area contributed by atoms with Gasteiger partial charge in [-0.25, -0.2) is 0 Å². The van der Waals surface area contributed by atoms with E-state index in [9.17, 15) is 0 Å².